The molecule has 1 aliphatic carbocycles. The fourth-order valence-corrected chi connectivity index (χ4v) is 1.55. The van der Waals surface area contributed by atoms with Gasteiger partial charge in [0.05, 0.1) is 0 Å². The Morgan fingerprint density at radius 2 is 2.00 bits per heavy atom. The minimum Gasteiger partial charge on any atom is -0.326 e. The van der Waals surface area contributed by atoms with Gasteiger partial charge in [-0.05, 0) is 31.9 Å². The van der Waals surface area contributed by atoms with E-state index in [0.29, 0.717) is 0 Å². The Morgan fingerprint density at radius 3 is 2.50 bits per heavy atom. The molecule has 0 heterocycles. The topological polar surface area (TPSA) is 29.1 Å². The Morgan fingerprint density at radius 1 is 1.36 bits per heavy atom. The van der Waals surface area contributed by atoms with Gasteiger partial charge in [-0.3, -0.25) is 4.79 Å². The van der Waals surface area contributed by atoms with Crippen LogP contribution < -0.4 is 5.32 Å². The number of benzene rings is 1. The summed E-state index contributed by atoms with van der Waals surface area (Å²) in [5.41, 5.74) is 2.12. The molecule has 1 N–H and O–H groups in total. The molecule has 1 aliphatic rings. The van der Waals surface area contributed by atoms with Gasteiger partial charge in [0.2, 0.25) is 5.91 Å². The number of carbonyl (C=O) groups is 1. The number of hydrogen-bond acceptors (Lipinski definition) is 1. The lowest BCUT2D eigenvalue weighted by Gasteiger charge is -2.24. The third kappa shape index (κ3) is 1.95. The van der Waals surface area contributed by atoms with Gasteiger partial charge >= 0.3 is 0 Å². The monoisotopic (exact) mass is 191 g/mol. The second-order valence-electron chi connectivity index (χ2n) is 3.98. The summed E-state index contributed by atoms with van der Waals surface area (Å²) < 4.78 is 0. The van der Waals surface area contributed by atoms with Gasteiger partial charge in [0.25, 0.3) is 0 Å². The highest BCUT2D eigenvalue weighted by molar-refractivity contribution is 5.92. The second-order valence-corrected chi connectivity index (χ2v) is 3.98. The summed E-state index contributed by atoms with van der Waals surface area (Å²) in [7, 11) is 0. The Labute approximate surface area is 85.8 Å². The van der Waals surface area contributed by atoms with E-state index in [1.165, 1.54) is 12.0 Å². The summed E-state index contributed by atoms with van der Waals surface area (Å²) in [6.45, 7) is 2.04. The minimum atomic E-state index is 0. The molecule has 0 radical (unpaired) electrons. The van der Waals surface area contributed by atoms with Crippen molar-refractivity contribution in [3.8, 4) is 0 Å². The normalized spacial score (nSPS) is 16.1. The number of anilines is 1. The number of rotatable bonds is 2. The molecule has 0 unspecified atom stereocenters. The molecule has 0 aromatic heterocycles. The highest BCUT2D eigenvalue weighted by Crippen LogP contribution is 2.27. The zero-order chi connectivity index (χ0) is 9.97. The summed E-state index contributed by atoms with van der Waals surface area (Å²) in [5, 5.41) is 2.93. The van der Waals surface area contributed by atoms with Crippen LogP contribution in [0.1, 0.15) is 26.3 Å². The lowest BCUT2D eigenvalue weighted by atomic mass is 9.85. The molecular weight excluding hydrogens is 174 g/mol. The third-order valence-corrected chi connectivity index (χ3v) is 2.80. The minimum absolute atomic E-state index is 0. The summed E-state index contributed by atoms with van der Waals surface area (Å²) in [5.74, 6) is 0.441. The van der Waals surface area contributed by atoms with Crippen LogP contribution in [0.2, 0.25) is 0 Å². The number of nitrogens with one attached hydrogen (secondary N) is 1. The largest absolute Gasteiger partial charge is 0.326 e. The van der Waals surface area contributed by atoms with Crippen molar-refractivity contribution in [3.63, 3.8) is 0 Å². The summed E-state index contributed by atoms with van der Waals surface area (Å²) in [6.07, 6.45) is 3.31. The molecule has 0 spiro atoms. The first kappa shape index (κ1) is 9.25. The van der Waals surface area contributed by atoms with Crippen LogP contribution in [0.4, 0.5) is 5.69 Å². The van der Waals surface area contributed by atoms with Gasteiger partial charge in [0.15, 0.2) is 0 Å². The molecule has 1 fully saturated rings. The highest BCUT2D eigenvalue weighted by Gasteiger charge is 2.24. The Hall–Kier alpha value is -1.31. The van der Waals surface area contributed by atoms with Crippen molar-refractivity contribution in [2.75, 3.05) is 5.32 Å². The molecule has 0 saturated heterocycles. The van der Waals surface area contributed by atoms with E-state index in [0.717, 1.165) is 18.5 Å². The first-order valence-corrected chi connectivity index (χ1v) is 5.13. The van der Waals surface area contributed by atoms with E-state index in [9.17, 15) is 4.79 Å². The van der Waals surface area contributed by atoms with Crippen molar-refractivity contribution >= 4 is 11.6 Å². The predicted molar refractivity (Wildman–Crippen MR) is 59.3 cm³/mol. The molecule has 1 saturated carbocycles. The quantitative estimate of drug-likeness (QED) is 0.765. The molecule has 14 heavy (non-hydrogen) atoms. The van der Waals surface area contributed by atoms with E-state index in [-0.39, 0.29) is 13.3 Å². The van der Waals surface area contributed by atoms with Gasteiger partial charge in [-0.15, -0.1) is 0 Å². The van der Waals surface area contributed by atoms with Crippen molar-refractivity contribution in [3.05, 3.63) is 29.8 Å². The Bertz CT molecular complexity index is 330. The van der Waals surface area contributed by atoms with Crippen LogP contribution in [-0.4, -0.2) is 5.91 Å². The maximum atomic E-state index is 11.6. The molecular formula is C12H17NO. The first-order valence-electron chi connectivity index (χ1n) is 5.13. The zero-order valence-corrected chi connectivity index (χ0v) is 8.42. The summed E-state index contributed by atoms with van der Waals surface area (Å²) in [4.78, 5) is 11.6. The molecule has 2 heteroatoms. The smallest absolute Gasteiger partial charge is 0.227 e. The maximum Gasteiger partial charge on any atom is 0.227 e. The fraction of sp³-hybridized carbons (Fsp3) is 0.417. The third-order valence-electron chi connectivity index (χ3n) is 2.80. The van der Waals surface area contributed by atoms with Crippen molar-refractivity contribution < 1.29 is 6.22 Å². The second kappa shape index (κ2) is 3.82. The molecule has 76 valence electrons. The van der Waals surface area contributed by atoms with Crippen molar-refractivity contribution in [2.45, 2.75) is 26.2 Å². The standard InChI is InChI=1S/C12H15NO.H2/c1-9-5-7-11(8-6-9)13-12(14)10-3-2-4-10;/h5-8,10H,2-4H2,1H3,(H,13,14);1H. The maximum absolute atomic E-state index is 11.6. The lowest BCUT2D eigenvalue weighted by Crippen LogP contribution is -2.27. The average molecular weight is 191 g/mol. The molecule has 0 aliphatic heterocycles. The van der Waals surface area contributed by atoms with Crippen LogP contribution in [0.3, 0.4) is 0 Å². The van der Waals surface area contributed by atoms with Gasteiger partial charge in [0.1, 0.15) is 0 Å². The van der Waals surface area contributed by atoms with E-state index >= 15 is 0 Å². The molecule has 1 aromatic rings. The van der Waals surface area contributed by atoms with Crippen molar-refractivity contribution in [2.24, 2.45) is 5.92 Å². The Kier molecular flexibility index (Phi) is 2.53. The SMILES string of the molecule is Cc1ccc(NC(=O)C2CCC2)cc1.[HH]. The van der Waals surface area contributed by atoms with Crippen LogP contribution in [0.5, 0.6) is 0 Å². The van der Waals surface area contributed by atoms with E-state index < -0.39 is 0 Å². The molecule has 2 rings (SSSR count). The van der Waals surface area contributed by atoms with E-state index in [4.69, 9.17) is 0 Å². The van der Waals surface area contributed by atoms with Crippen molar-refractivity contribution in [1.29, 1.82) is 0 Å². The molecule has 1 aromatic carbocycles. The molecule has 1 amide bonds. The summed E-state index contributed by atoms with van der Waals surface area (Å²) >= 11 is 0. The predicted octanol–water partition coefficient (Wildman–Crippen LogP) is 2.98. The van der Waals surface area contributed by atoms with Crippen LogP contribution in [0, 0.1) is 12.8 Å². The average Bonchev–Trinajstić information content (AvgIpc) is 2.06. The van der Waals surface area contributed by atoms with Gasteiger partial charge in [0, 0.05) is 13.0 Å². The molecule has 2 nitrogen and oxygen atoms in total. The van der Waals surface area contributed by atoms with Gasteiger partial charge in [-0.2, -0.15) is 0 Å². The zero-order valence-electron chi connectivity index (χ0n) is 8.42. The molecule has 0 bridgehead atoms. The Balaban J connectivity index is 0.00000112. The number of carbonyl (C=O) groups excluding carboxylic acids is 1. The van der Waals surface area contributed by atoms with Gasteiger partial charge < -0.3 is 5.32 Å². The van der Waals surface area contributed by atoms with Crippen LogP contribution in [0.15, 0.2) is 24.3 Å². The first-order chi connectivity index (χ1) is 6.75. The number of amides is 1. The number of aryl methyl sites for hydroxylation is 1. The van der Waals surface area contributed by atoms with Crippen LogP contribution in [-0.2, 0) is 4.79 Å². The highest BCUT2D eigenvalue weighted by atomic mass is 16.1. The van der Waals surface area contributed by atoms with Crippen LogP contribution in [0.25, 0.3) is 0 Å². The summed E-state index contributed by atoms with van der Waals surface area (Å²) in [6, 6.07) is 7.92. The van der Waals surface area contributed by atoms with E-state index in [1.807, 2.05) is 31.2 Å². The van der Waals surface area contributed by atoms with Gasteiger partial charge in [-0.1, -0.05) is 24.1 Å². The fourth-order valence-electron chi connectivity index (χ4n) is 1.55. The molecule has 0 atom stereocenters. The van der Waals surface area contributed by atoms with E-state index in [2.05, 4.69) is 5.32 Å². The van der Waals surface area contributed by atoms with E-state index in [1.54, 1.807) is 0 Å². The number of hydrogen-bond donors (Lipinski definition) is 1. The lowest BCUT2D eigenvalue weighted by molar-refractivity contribution is -0.122. The van der Waals surface area contributed by atoms with Crippen LogP contribution >= 0.6 is 0 Å². The van der Waals surface area contributed by atoms with Crippen molar-refractivity contribution in [1.82, 2.24) is 0 Å². The van der Waals surface area contributed by atoms with Gasteiger partial charge in [-0.25, -0.2) is 0 Å².